The fourth-order valence-electron chi connectivity index (χ4n) is 1.68. The lowest BCUT2D eigenvalue weighted by molar-refractivity contribution is 0.102. The van der Waals surface area contributed by atoms with Crippen molar-refractivity contribution in [3.8, 4) is 5.75 Å². The van der Waals surface area contributed by atoms with E-state index in [1.807, 2.05) is 0 Å². The molecule has 3 nitrogen and oxygen atoms in total. The number of amides is 1. The Morgan fingerprint density at radius 3 is 2.60 bits per heavy atom. The van der Waals surface area contributed by atoms with Gasteiger partial charge in [-0.05, 0) is 65.4 Å². The second-order valence-corrected chi connectivity index (χ2v) is 5.43. The third kappa shape index (κ3) is 3.27. The van der Waals surface area contributed by atoms with Crippen molar-refractivity contribution in [1.29, 1.82) is 0 Å². The summed E-state index contributed by atoms with van der Waals surface area (Å²) in [5.41, 5.74) is 1.47. The molecule has 0 aliphatic carbocycles. The molecule has 0 aromatic heterocycles. The van der Waals surface area contributed by atoms with Gasteiger partial charge in [0.05, 0.1) is 10.7 Å². The van der Waals surface area contributed by atoms with E-state index in [1.54, 1.807) is 44.4 Å². The van der Waals surface area contributed by atoms with Crippen LogP contribution in [-0.2, 0) is 0 Å². The van der Waals surface area contributed by atoms with Crippen molar-refractivity contribution in [1.82, 2.24) is 0 Å². The Balaban J connectivity index is 2.19. The zero-order chi connectivity index (χ0) is 14.7. The Morgan fingerprint density at radius 2 is 2.00 bits per heavy atom. The normalized spacial score (nSPS) is 10.2. The van der Waals surface area contributed by atoms with Crippen LogP contribution in [0.4, 0.5) is 10.1 Å². The molecule has 1 amide bonds. The van der Waals surface area contributed by atoms with Crippen molar-refractivity contribution in [3.05, 3.63) is 56.9 Å². The van der Waals surface area contributed by atoms with Crippen LogP contribution in [-0.4, -0.2) is 13.0 Å². The highest BCUT2D eigenvalue weighted by molar-refractivity contribution is 14.1. The predicted octanol–water partition coefficient (Wildman–Crippen LogP) is 4.00. The minimum atomic E-state index is -0.341. The fourth-order valence-corrected chi connectivity index (χ4v) is 2.42. The van der Waals surface area contributed by atoms with Crippen LogP contribution in [0, 0.1) is 16.3 Å². The summed E-state index contributed by atoms with van der Waals surface area (Å²) in [7, 11) is 1.58. The van der Waals surface area contributed by atoms with E-state index in [0.717, 1.165) is 3.57 Å². The highest BCUT2D eigenvalue weighted by Crippen LogP contribution is 2.22. The zero-order valence-electron chi connectivity index (χ0n) is 11.0. The Kier molecular flexibility index (Phi) is 4.59. The van der Waals surface area contributed by atoms with E-state index in [-0.39, 0.29) is 11.7 Å². The number of ether oxygens (including phenoxy) is 1. The van der Waals surface area contributed by atoms with E-state index in [1.165, 1.54) is 6.07 Å². The van der Waals surface area contributed by atoms with Crippen LogP contribution in [0.15, 0.2) is 36.4 Å². The second kappa shape index (κ2) is 6.21. The van der Waals surface area contributed by atoms with Gasteiger partial charge in [0.2, 0.25) is 0 Å². The lowest BCUT2D eigenvalue weighted by Gasteiger charge is -2.08. The molecule has 0 saturated carbocycles. The number of hydrogen-bond acceptors (Lipinski definition) is 2. The molecule has 2 aromatic rings. The number of rotatable bonds is 3. The van der Waals surface area contributed by atoms with Crippen LogP contribution in [0.25, 0.3) is 0 Å². The maximum absolute atomic E-state index is 13.4. The van der Waals surface area contributed by atoms with Crippen molar-refractivity contribution >= 4 is 34.2 Å². The first kappa shape index (κ1) is 14.8. The third-order valence-electron chi connectivity index (χ3n) is 2.84. The monoisotopic (exact) mass is 385 g/mol. The molecule has 2 rings (SSSR count). The zero-order valence-corrected chi connectivity index (χ0v) is 13.2. The molecule has 0 aliphatic rings. The van der Waals surface area contributed by atoms with Crippen LogP contribution < -0.4 is 10.1 Å². The number of carbonyl (C=O) groups excluding carboxylic acids is 1. The van der Waals surface area contributed by atoms with Crippen molar-refractivity contribution in [2.24, 2.45) is 0 Å². The van der Waals surface area contributed by atoms with Gasteiger partial charge in [-0.1, -0.05) is 6.07 Å². The number of aryl methyl sites for hydroxylation is 1. The van der Waals surface area contributed by atoms with Gasteiger partial charge in [-0.3, -0.25) is 4.79 Å². The Labute approximate surface area is 130 Å². The van der Waals surface area contributed by atoms with Gasteiger partial charge in [0.15, 0.2) is 0 Å². The summed E-state index contributed by atoms with van der Waals surface area (Å²) < 4.78 is 19.4. The maximum atomic E-state index is 13.4. The fraction of sp³-hybridized carbons (Fsp3) is 0.133. The summed E-state index contributed by atoms with van der Waals surface area (Å²) in [6, 6.07) is 9.72. The van der Waals surface area contributed by atoms with Crippen molar-refractivity contribution in [2.45, 2.75) is 6.92 Å². The highest BCUT2D eigenvalue weighted by Gasteiger charge is 2.10. The number of nitrogens with one attached hydrogen (secondary N) is 1. The first-order chi connectivity index (χ1) is 9.51. The van der Waals surface area contributed by atoms with Crippen LogP contribution in [0.3, 0.4) is 0 Å². The average Bonchev–Trinajstić information content (AvgIpc) is 2.42. The molecular weight excluding hydrogens is 372 g/mol. The molecule has 0 aliphatic heterocycles. The summed E-state index contributed by atoms with van der Waals surface area (Å²) in [6.07, 6.45) is 0. The molecular formula is C15H13FINO2. The van der Waals surface area contributed by atoms with E-state index in [9.17, 15) is 9.18 Å². The van der Waals surface area contributed by atoms with Gasteiger partial charge in [-0.2, -0.15) is 0 Å². The largest absolute Gasteiger partial charge is 0.496 e. The SMILES string of the molecule is COc1ccc(C(=O)Nc2ccc(C)c(F)c2)cc1I. The smallest absolute Gasteiger partial charge is 0.255 e. The predicted molar refractivity (Wildman–Crippen MR) is 84.8 cm³/mol. The first-order valence-corrected chi connectivity index (χ1v) is 7.00. The van der Waals surface area contributed by atoms with Gasteiger partial charge in [0.25, 0.3) is 5.91 Å². The Hall–Kier alpha value is -1.63. The molecule has 0 radical (unpaired) electrons. The van der Waals surface area contributed by atoms with Gasteiger partial charge in [-0.25, -0.2) is 4.39 Å². The molecule has 0 atom stereocenters. The topological polar surface area (TPSA) is 38.3 Å². The van der Waals surface area contributed by atoms with Crippen LogP contribution in [0.2, 0.25) is 0 Å². The van der Waals surface area contributed by atoms with Gasteiger partial charge in [-0.15, -0.1) is 0 Å². The van der Waals surface area contributed by atoms with E-state index < -0.39 is 0 Å². The van der Waals surface area contributed by atoms with Crippen LogP contribution in [0.5, 0.6) is 5.75 Å². The quantitative estimate of drug-likeness (QED) is 0.812. The average molecular weight is 385 g/mol. The second-order valence-electron chi connectivity index (χ2n) is 4.27. The third-order valence-corrected chi connectivity index (χ3v) is 3.69. The lowest BCUT2D eigenvalue weighted by Crippen LogP contribution is -2.12. The summed E-state index contributed by atoms with van der Waals surface area (Å²) in [5, 5.41) is 2.67. The minimum Gasteiger partial charge on any atom is -0.496 e. The number of anilines is 1. The number of benzene rings is 2. The minimum absolute atomic E-state index is 0.283. The van der Waals surface area contributed by atoms with E-state index in [4.69, 9.17) is 4.74 Å². The summed E-state index contributed by atoms with van der Waals surface area (Å²) >= 11 is 2.10. The van der Waals surface area contributed by atoms with Gasteiger partial charge < -0.3 is 10.1 Å². The summed E-state index contributed by atoms with van der Waals surface area (Å²) in [6.45, 7) is 1.67. The maximum Gasteiger partial charge on any atom is 0.255 e. The Bertz CT molecular complexity index is 658. The molecule has 0 saturated heterocycles. The standard InChI is InChI=1S/C15H13FINO2/c1-9-3-5-11(8-12(9)16)18-15(19)10-4-6-14(20-2)13(17)7-10/h3-8H,1-2H3,(H,18,19). The number of carbonyl (C=O) groups is 1. The van der Waals surface area contributed by atoms with Crippen LogP contribution >= 0.6 is 22.6 Å². The first-order valence-electron chi connectivity index (χ1n) is 5.92. The summed E-state index contributed by atoms with van der Waals surface area (Å²) in [4.78, 5) is 12.1. The van der Waals surface area contributed by atoms with Crippen LogP contribution in [0.1, 0.15) is 15.9 Å². The molecule has 2 aromatic carbocycles. The van der Waals surface area contributed by atoms with E-state index >= 15 is 0 Å². The molecule has 104 valence electrons. The number of methoxy groups -OCH3 is 1. The molecule has 20 heavy (non-hydrogen) atoms. The van der Waals surface area contributed by atoms with Gasteiger partial charge >= 0.3 is 0 Å². The van der Waals surface area contributed by atoms with E-state index in [0.29, 0.717) is 22.6 Å². The number of halogens is 2. The van der Waals surface area contributed by atoms with Crippen molar-refractivity contribution < 1.29 is 13.9 Å². The molecule has 0 fully saturated rings. The lowest BCUT2D eigenvalue weighted by atomic mass is 10.2. The van der Waals surface area contributed by atoms with Crippen molar-refractivity contribution in [3.63, 3.8) is 0 Å². The Morgan fingerprint density at radius 1 is 1.25 bits per heavy atom. The molecule has 0 heterocycles. The molecule has 5 heteroatoms. The van der Waals surface area contributed by atoms with Crippen molar-refractivity contribution in [2.75, 3.05) is 12.4 Å². The molecule has 0 bridgehead atoms. The highest BCUT2D eigenvalue weighted by atomic mass is 127. The van der Waals surface area contributed by atoms with Gasteiger partial charge in [0.1, 0.15) is 11.6 Å². The van der Waals surface area contributed by atoms with Gasteiger partial charge in [0, 0.05) is 11.3 Å². The number of hydrogen-bond donors (Lipinski definition) is 1. The molecule has 1 N–H and O–H groups in total. The summed E-state index contributed by atoms with van der Waals surface area (Å²) in [5.74, 6) is 0.0875. The molecule has 0 unspecified atom stereocenters. The molecule has 0 spiro atoms. The van der Waals surface area contributed by atoms with E-state index in [2.05, 4.69) is 27.9 Å².